The van der Waals surface area contributed by atoms with Gasteiger partial charge in [0.05, 0.1) is 0 Å². The lowest BCUT2D eigenvalue weighted by Gasteiger charge is -2.02. The minimum absolute atomic E-state index is 0.334. The maximum absolute atomic E-state index is 10.3. The second-order valence-corrected chi connectivity index (χ2v) is 3.88. The summed E-state index contributed by atoms with van der Waals surface area (Å²) >= 11 is 0.0283. The maximum Gasteiger partial charge on any atom is 0.0249 e. The Hall–Kier alpha value is 0.0600. The zero-order valence-corrected chi connectivity index (χ0v) is 7.89. The smallest absolute Gasteiger partial charge is 0.0249 e. The van der Waals surface area contributed by atoms with E-state index in [1.165, 1.54) is 0 Å². The molecule has 54 valence electrons. The van der Waals surface area contributed by atoms with Gasteiger partial charge in [0.2, 0.25) is 0 Å². The summed E-state index contributed by atoms with van der Waals surface area (Å²) in [6.07, 6.45) is 0. The van der Waals surface area contributed by atoms with E-state index in [0.29, 0.717) is 4.90 Å². The maximum atomic E-state index is 10.3. The SMILES string of the molecule is O=S([O-])c1ccc(I)cc1. The van der Waals surface area contributed by atoms with Gasteiger partial charge in [-0.2, -0.15) is 0 Å². The number of hydrogen-bond donors (Lipinski definition) is 0. The van der Waals surface area contributed by atoms with E-state index in [1.807, 2.05) is 0 Å². The molecule has 0 fully saturated rings. The molecule has 2 nitrogen and oxygen atoms in total. The molecule has 0 heterocycles. The van der Waals surface area contributed by atoms with Crippen LogP contribution in [0.3, 0.4) is 0 Å². The van der Waals surface area contributed by atoms with Crippen LogP contribution in [0, 0.1) is 3.57 Å². The van der Waals surface area contributed by atoms with Crippen LogP contribution in [0.4, 0.5) is 0 Å². The van der Waals surface area contributed by atoms with Gasteiger partial charge in [-0.15, -0.1) is 0 Å². The molecule has 0 aliphatic heterocycles. The third-order valence-corrected chi connectivity index (χ3v) is 2.38. The Morgan fingerprint density at radius 2 is 1.80 bits per heavy atom. The molecule has 1 aromatic rings. The van der Waals surface area contributed by atoms with Crippen molar-refractivity contribution < 1.29 is 8.76 Å². The largest absolute Gasteiger partial charge is 0.768 e. The van der Waals surface area contributed by atoms with Crippen molar-refractivity contribution in [3.05, 3.63) is 27.8 Å². The molecule has 0 N–H and O–H groups in total. The van der Waals surface area contributed by atoms with E-state index in [0.717, 1.165) is 3.57 Å². The molecule has 0 amide bonds. The summed E-state index contributed by atoms with van der Waals surface area (Å²) in [4.78, 5) is 0.334. The fourth-order valence-corrected chi connectivity index (χ4v) is 1.26. The van der Waals surface area contributed by atoms with E-state index < -0.39 is 11.1 Å². The van der Waals surface area contributed by atoms with Gasteiger partial charge < -0.3 is 4.55 Å². The lowest BCUT2D eigenvalue weighted by Crippen LogP contribution is -1.87. The van der Waals surface area contributed by atoms with Gasteiger partial charge in [0, 0.05) is 8.47 Å². The summed E-state index contributed by atoms with van der Waals surface area (Å²) in [5, 5.41) is 0. The molecule has 1 unspecified atom stereocenters. The predicted octanol–water partition coefficient (Wildman–Crippen LogP) is 1.53. The molecule has 0 aliphatic carbocycles. The molecule has 0 spiro atoms. The lowest BCUT2D eigenvalue weighted by atomic mass is 10.4. The Bertz CT molecular complexity index is 244. The highest BCUT2D eigenvalue weighted by atomic mass is 127. The summed E-state index contributed by atoms with van der Waals surface area (Å²) in [6, 6.07) is 6.66. The van der Waals surface area contributed by atoms with Crippen molar-refractivity contribution in [2.24, 2.45) is 0 Å². The van der Waals surface area contributed by atoms with E-state index in [-0.39, 0.29) is 0 Å². The standard InChI is InChI=1S/C6H5IO2S/c7-5-1-3-6(4-2-5)10(8)9/h1-4H,(H,8,9)/p-1. The van der Waals surface area contributed by atoms with Crippen LogP contribution in [0.5, 0.6) is 0 Å². The fraction of sp³-hybridized carbons (Fsp3) is 0. The summed E-state index contributed by atoms with van der Waals surface area (Å²) in [5.41, 5.74) is 0. The number of rotatable bonds is 1. The summed E-state index contributed by atoms with van der Waals surface area (Å²) in [7, 11) is 0. The quantitative estimate of drug-likeness (QED) is 0.572. The fourth-order valence-electron chi connectivity index (χ4n) is 0.546. The second kappa shape index (κ2) is 3.45. The highest BCUT2D eigenvalue weighted by Gasteiger charge is 1.89. The first-order valence-electron chi connectivity index (χ1n) is 2.55. The van der Waals surface area contributed by atoms with Crippen molar-refractivity contribution in [3.8, 4) is 0 Å². The Labute approximate surface area is 75.1 Å². The predicted molar refractivity (Wildman–Crippen MR) is 46.3 cm³/mol. The molecule has 1 rings (SSSR count). The molecule has 1 atom stereocenters. The third-order valence-electron chi connectivity index (χ3n) is 1.01. The normalized spacial score (nSPS) is 13.0. The van der Waals surface area contributed by atoms with Crippen molar-refractivity contribution in [1.29, 1.82) is 0 Å². The van der Waals surface area contributed by atoms with Gasteiger partial charge in [0.15, 0.2) is 0 Å². The number of benzene rings is 1. The van der Waals surface area contributed by atoms with Crippen LogP contribution in [0.1, 0.15) is 0 Å². The summed E-state index contributed by atoms with van der Waals surface area (Å²) in [6.45, 7) is 0. The van der Waals surface area contributed by atoms with Crippen LogP contribution >= 0.6 is 22.6 Å². The highest BCUT2D eigenvalue weighted by molar-refractivity contribution is 14.1. The molecule has 0 saturated carbocycles. The molecule has 0 aliphatic rings. The molecular weight excluding hydrogens is 263 g/mol. The zero-order chi connectivity index (χ0) is 7.56. The first kappa shape index (κ1) is 8.16. The van der Waals surface area contributed by atoms with Crippen LogP contribution < -0.4 is 0 Å². The van der Waals surface area contributed by atoms with E-state index in [9.17, 15) is 8.76 Å². The lowest BCUT2D eigenvalue weighted by molar-refractivity contribution is 0.537. The summed E-state index contributed by atoms with van der Waals surface area (Å²) < 4.78 is 21.7. The van der Waals surface area contributed by atoms with Gasteiger partial charge in [-0.3, -0.25) is 4.21 Å². The third kappa shape index (κ3) is 2.03. The van der Waals surface area contributed by atoms with E-state index in [1.54, 1.807) is 24.3 Å². The van der Waals surface area contributed by atoms with Gasteiger partial charge in [-0.25, -0.2) is 0 Å². The second-order valence-electron chi connectivity index (χ2n) is 1.69. The summed E-state index contributed by atoms with van der Waals surface area (Å²) in [5.74, 6) is 0. The van der Waals surface area contributed by atoms with E-state index in [2.05, 4.69) is 22.6 Å². The molecule has 0 bridgehead atoms. The zero-order valence-electron chi connectivity index (χ0n) is 4.91. The Morgan fingerprint density at radius 1 is 1.30 bits per heavy atom. The van der Waals surface area contributed by atoms with Crippen molar-refractivity contribution in [3.63, 3.8) is 0 Å². The minimum atomic E-state index is -2.09. The van der Waals surface area contributed by atoms with Crippen molar-refractivity contribution >= 4 is 33.7 Å². The number of hydrogen-bond acceptors (Lipinski definition) is 2. The van der Waals surface area contributed by atoms with Gasteiger partial charge in [-0.1, -0.05) is 0 Å². The van der Waals surface area contributed by atoms with E-state index in [4.69, 9.17) is 0 Å². The van der Waals surface area contributed by atoms with Gasteiger partial charge in [0.25, 0.3) is 0 Å². The van der Waals surface area contributed by atoms with Crippen LogP contribution in [0.2, 0.25) is 0 Å². The van der Waals surface area contributed by atoms with Crippen LogP contribution in [-0.4, -0.2) is 8.76 Å². The topological polar surface area (TPSA) is 40.1 Å². The molecule has 10 heavy (non-hydrogen) atoms. The average Bonchev–Trinajstić information content (AvgIpc) is 1.88. The average molecular weight is 267 g/mol. The molecule has 0 radical (unpaired) electrons. The molecular formula is C6H4IO2S-. The Balaban J connectivity index is 3.00. The molecule has 1 aromatic carbocycles. The van der Waals surface area contributed by atoms with E-state index >= 15 is 0 Å². The Kier molecular flexibility index (Phi) is 2.82. The van der Waals surface area contributed by atoms with Crippen molar-refractivity contribution in [1.82, 2.24) is 0 Å². The van der Waals surface area contributed by atoms with Crippen LogP contribution in [0.15, 0.2) is 29.2 Å². The first-order valence-corrected chi connectivity index (χ1v) is 4.70. The first-order chi connectivity index (χ1) is 4.70. The number of halogens is 1. The molecule has 0 aromatic heterocycles. The monoisotopic (exact) mass is 267 g/mol. The highest BCUT2D eigenvalue weighted by Crippen LogP contribution is 2.08. The van der Waals surface area contributed by atoms with Crippen LogP contribution in [0.25, 0.3) is 0 Å². The van der Waals surface area contributed by atoms with Gasteiger partial charge >= 0.3 is 0 Å². The molecule has 0 saturated heterocycles. The van der Waals surface area contributed by atoms with Gasteiger partial charge in [0.1, 0.15) is 0 Å². The minimum Gasteiger partial charge on any atom is -0.768 e. The van der Waals surface area contributed by atoms with Gasteiger partial charge in [-0.05, 0) is 57.9 Å². The van der Waals surface area contributed by atoms with Crippen LogP contribution in [-0.2, 0) is 11.1 Å². The van der Waals surface area contributed by atoms with Crippen molar-refractivity contribution in [2.45, 2.75) is 4.90 Å². The van der Waals surface area contributed by atoms with Crippen molar-refractivity contribution in [2.75, 3.05) is 0 Å². The molecule has 4 heteroatoms. The Morgan fingerprint density at radius 3 is 2.20 bits per heavy atom.